The van der Waals surface area contributed by atoms with Crippen molar-refractivity contribution < 1.29 is 0 Å². The van der Waals surface area contributed by atoms with E-state index in [4.69, 9.17) is 4.98 Å². The van der Waals surface area contributed by atoms with E-state index in [-0.39, 0.29) is 0 Å². The van der Waals surface area contributed by atoms with Gasteiger partial charge in [0.25, 0.3) is 0 Å². The molecule has 20 heavy (non-hydrogen) atoms. The number of aromatic nitrogens is 2. The fraction of sp³-hybridized carbons (Fsp3) is 0.588. The molecule has 0 bridgehead atoms. The Kier molecular flexibility index (Phi) is 4.06. The van der Waals surface area contributed by atoms with Crippen LogP contribution >= 0.6 is 0 Å². The predicted octanol–water partition coefficient (Wildman–Crippen LogP) is 3.38. The van der Waals surface area contributed by atoms with E-state index in [9.17, 15) is 0 Å². The van der Waals surface area contributed by atoms with Crippen molar-refractivity contribution in [2.75, 3.05) is 7.05 Å². The molecule has 0 amide bonds. The quantitative estimate of drug-likeness (QED) is 0.903. The number of fused-ring (bicyclic) bond motifs is 1. The summed E-state index contributed by atoms with van der Waals surface area (Å²) in [4.78, 5) is 4.87. The number of benzene rings is 1. The van der Waals surface area contributed by atoms with Crippen LogP contribution in [0.2, 0.25) is 0 Å². The van der Waals surface area contributed by atoms with Gasteiger partial charge in [0, 0.05) is 19.0 Å². The average Bonchev–Trinajstić information content (AvgIpc) is 3.11. The molecule has 1 saturated carbocycles. The highest BCUT2D eigenvalue weighted by Gasteiger charge is 2.25. The molecule has 3 nitrogen and oxygen atoms in total. The molecule has 1 aliphatic rings. The maximum absolute atomic E-state index is 4.87. The largest absolute Gasteiger partial charge is 0.328 e. The Labute approximate surface area is 121 Å². The van der Waals surface area contributed by atoms with E-state index in [0.717, 1.165) is 24.4 Å². The highest BCUT2D eigenvalue weighted by atomic mass is 15.1. The molecule has 1 aromatic carbocycles. The molecule has 3 rings (SSSR count). The number of hydrogen-bond acceptors (Lipinski definition) is 2. The van der Waals surface area contributed by atoms with Crippen LogP contribution in [0.4, 0.5) is 0 Å². The summed E-state index contributed by atoms with van der Waals surface area (Å²) in [6.45, 7) is 3.21. The minimum absolute atomic E-state index is 0.569. The van der Waals surface area contributed by atoms with Gasteiger partial charge in [-0.2, -0.15) is 0 Å². The topological polar surface area (TPSA) is 29.9 Å². The van der Waals surface area contributed by atoms with Crippen molar-refractivity contribution in [3.63, 3.8) is 0 Å². The Bertz CT molecular complexity index is 567. The highest BCUT2D eigenvalue weighted by molar-refractivity contribution is 5.75. The highest BCUT2D eigenvalue weighted by Crippen LogP contribution is 2.29. The molecule has 0 radical (unpaired) electrons. The molecule has 1 aromatic heterocycles. The standard InChI is InChI=1S/C17H25N3/c1-3-20-16-11-7-6-10-14(16)19-17(20)12-15(18-2)13-8-4-5-9-13/h6-7,10-11,13,15,18H,3-5,8-9,12H2,1-2H3. The normalized spacial score (nSPS) is 17.9. The van der Waals surface area contributed by atoms with E-state index in [0.29, 0.717) is 6.04 Å². The zero-order valence-electron chi connectivity index (χ0n) is 12.6. The van der Waals surface area contributed by atoms with E-state index >= 15 is 0 Å². The third kappa shape index (κ3) is 2.47. The van der Waals surface area contributed by atoms with Crippen LogP contribution in [0.1, 0.15) is 38.4 Å². The second-order valence-corrected chi connectivity index (χ2v) is 5.90. The van der Waals surface area contributed by atoms with Crippen LogP contribution in [0.3, 0.4) is 0 Å². The van der Waals surface area contributed by atoms with Crippen molar-refractivity contribution in [2.24, 2.45) is 5.92 Å². The number of hydrogen-bond donors (Lipinski definition) is 1. The summed E-state index contributed by atoms with van der Waals surface area (Å²) < 4.78 is 2.37. The number of likely N-dealkylation sites (N-methyl/N-ethyl adjacent to an activating group) is 1. The number of rotatable bonds is 5. The van der Waals surface area contributed by atoms with Gasteiger partial charge in [0.05, 0.1) is 11.0 Å². The number of imidazole rings is 1. The minimum atomic E-state index is 0.569. The fourth-order valence-corrected chi connectivity index (χ4v) is 3.69. The summed E-state index contributed by atoms with van der Waals surface area (Å²) in [5.74, 6) is 2.06. The van der Waals surface area contributed by atoms with Crippen molar-refractivity contribution in [3.05, 3.63) is 30.1 Å². The first-order valence-corrected chi connectivity index (χ1v) is 7.95. The van der Waals surface area contributed by atoms with Gasteiger partial charge in [-0.05, 0) is 44.9 Å². The van der Waals surface area contributed by atoms with Crippen molar-refractivity contribution in [1.82, 2.24) is 14.9 Å². The second-order valence-electron chi connectivity index (χ2n) is 5.90. The van der Waals surface area contributed by atoms with Crippen LogP contribution in [-0.4, -0.2) is 22.6 Å². The number of para-hydroxylation sites is 2. The first kappa shape index (κ1) is 13.6. The molecule has 1 heterocycles. The average molecular weight is 271 g/mol. The zero-order chi connectivity index (χ0) is 13.9. The zero-order valence-corrected chi connectivity index (χ0v) is 12.6. The molecule has 0 saturated heterocycles. The molecular formula is C17H25N3. The number of nitrogens with zero attached hydrogens (tertiary/aromatic N) is 2. The van der Waals surface area contributed by atoms with E-state index < -0.39 is 0 Å². The van der Waals surface area contributed by atoms with Crippen molar-refractivity contribution in [3.8, 4) is 0 Å². The number of nitrogens with one attached hydrogen (secondary N) is 1. The maximum Gasteiger partial charge on any atom is 0.111 e. The van der Waals surface area contributed by atoms with Crippen LogP contribution < -0.4 is 5.32 Å². The smallest absolute Gasteiger partial charge is 0.111 e. The molecule has 1 unspecified atom stereocenters. The van der Waals surface area contributed by atoms with Gasteiger partial charge in [-0.15, -0.1) is 0 Å². The first-order valence-electron chi connectivity index (χ1n) is 7.95. The lowest BCUT2D eigenvalue weighted by atomic mass is 9.95. The first-order chi connectivity index (χ1) is 9.83. The van der Waals surface area contributed by atoms with E-state index in [2.05, 4.69) is 48.1 Å². The SMILES string of the molecule is CCn1c(CC(NC)C2CCCC2)nc2ccccc21. The van der Waals surface area contributed by atoms with E-state index in [1.54, 1.807) is 0 Å². The summed E-state index contributed by atoms with van der Waals surface area (Å²) in [7, 11) is 2.10. The van der Waals surface area contributed by atoms with Crippen LogP contribution in [0, 0.1) is 5.92 Å². The van der Waals surface area contributed by atoms with Crippen LogP contribution in [0.25, 0.3) is 11.0 Å². The summed E-state index contributed by atoms with van der Waals surface area (Å²) in [5.41, 5.74) is 2.40. The summed E-state index contributed by atoms with van der Waals surface area (Å²) in [6.07, 6.45) is 6.58. The lowest BCUT2D eigenvalue weighted by molar-refractivity contribution is 0.369. The van der Waals surface area contributed by atoms with Gasteiger partial charge in [0.2, 0.25) is 0 Å². The summed E-state index contributed by atoms with van der Waals surface area (Å²) in [6, 6.07) is 9.05. The molecular weight excluding hydrogens is 246 g/mol. The molecule has 0 spiro atoms. The molecule has 2 aromatic rings. The van der Waals surface area contributed by atoms with Gasteiger partial charge in [-0.3, -0.25) is 0 Å². The summed E-state index contributed by atoms with van der Waals surface area (Å²) in [5, 5.41) is 3.53. The Hall–Kier alpha value is -1.35. The monoisotopic (exact) mass is 271 g/mol. The van der Waals surface area contributed by atoms with Crippen molar-refractivity contribution in [2.45, 2.75) is 51.6 Å². The molecule has 1 fully saturated rings. The molecule has 3 heteroatoms. The van der Waals surface area contributed by atoms with Gasteiger partial charge in [0.1, 0.15) is 5.82 Å². The van der Waals surface area contributed by atoms with Gasteiger partial charge >= 0.3 is 0 Å². The predicted molar refractivity (Wildman–Crippen MR) is 83.9 cm³/mol. The van der Waals surface area contributed by atoms with Crippen LogP contribution in [0.15, 0.2) is 24.3 Å². The van der Waals surface area contributed by atoms with Gasteiger partial charge < -0.3 is 9.88 Å². The molecule has 1 atom stereocenters. The fourth-order valence-electron chi connectivity index (χ4n) is 3.69. The minimum Gasteiger partial charge on any atom is -0.328 e. The Morgan fingerprint density at radius 2 is 2.05 bits per heavy atom. The van der Waals surface area contributed by atoms with Gasteiger partial charge in [-0.1, -0.05) is 25.0 Å². The Balaban J connectivity index is 1.88. The number of aryl methyl sites for hydroxylation is 1. The Morgan fingerprint density at radius 1 is 1.30 bits per heavy atom. The van der Waals surface area contributed by atoms with Crippen LogP contribution in [-0.2, 0) is 13.0 Å². The van der Waals surface area contributed by atoms with Gasteiger partial charge in [-0.25, -0.2) is 4.98 Å². The second kappa shape index (κ2) is 5.96. The molecule has 0 aliphatic heterocycles. The Morgan fingerprint density at radius 3 is 2.75 bits per heavy atom. The molecule has 1 aliphatic carbocycles. The molecule has 1 N–H and O–H groups in total. The third-order valence-electron chi connectivity index (χ3n) is 4.79. The van der Waals surface area contributed by atoms with Gasteiger partial charge in [0.15, 0.2) is 0 Å². The van der Waals surface area contributed by atoms with E-state index in [1.807, 2.05) is 0 Å². The third-order valence-corrected chi connectivity index (χ3v) is 4.79. The summed E-state index contributed by atoms with van der Waals surface area (Å²) >= 11 is 0. The maximum atomic E-state index is 4.87. The van der Waals surface area contributed by atoms with Crippen LogP contribution in [0.5, 0.6) is 0 Å². The molecule has 108 valence electrons. The van der Waals surface area contributed by atoms with Crippen molar-refractivity contribution in [1.29, 1.82) is 0 Å². The lowest BCUT2D eigenvalue weighted by Crippen LogP contribution is -2.35. The lowest BCUT2D eigenvalue weighted by Gasteiger charge is -2.22. The van der Waals surface area contributed by atoms with E-state index in [1.165, 1.54) is 37.0 Å². The van der Waals surface area contributed by atoms with Crippen molar-refractivity contribution >= 4 is 11.0 Å².